The highest BCUT2D eigenvalue weighted by atomic mass is 35.5. The summed E-state index contributed by atoms with van der Waals surface area (Å²) in [7, 11) is 0. The molecule has 1 heterocycles. The van der Waals surface area contributed by atoms with Gasteiger partial charge in [-0.25, -0.2) is 0 Å². The van der Waals surface area contributed by atoms with Gasteiger partial charge >= 0.3 is 0 Å². The Labute approximate surface area is 132 Å². The van der Waals surface area contributed by atoms with Gasteiger partial charge in [-0.3, -0.25) is 4.90 Å². The van der Waals surface area contributed by atoms with Crippen molar-refractivity contribution < 1.29 is 0 Å². The number of benzene rings is 1. The SMILES string of the molecule is CC1(C)CCCN(Cc2ccc(C(N)=S)cc2Cl)CC1. The normalized spacial score (nSPS) is 19.6. The Kier molecular flexibility index (Phi) is 5.05. The maximum Gasteiger partial charge on any atom is 0.104 e. The van der Waals surface area contributed by atoms with Crippen LogP contribution in [0.5, 0.6) is 0 Å². The van der Waals surface area contributed by atoms with Crippen molar-refractivity contribution in [1.29, 1.82) is 0 Å². The fourth-order valence-corrected chi connectivity index (χ4v) is 3.07. The van der Waals surface area contributed by atoms with Crippen LogP contribution in [0.15, 0.2) is 18.2 Å². The Bertz CT molecular complexity index is 499. The van der Waals surface area contributed by atoms with E-state index in [2.05, 4.69) is 18.7 Å². The molecule has 0 spiro atoms. The Morgan fingerprint density at radius 2 is 2.10 bits per heavy atom. The van der Waals surface area contributed by atoms with Gasteiger partial charge in [0.1, 0.15) is 4.99 Å². The smallest absolute Gasteiger partial charge is 0.104 e. The summed E-state index contributed by atoms with van der Waals surface area (Å²) < 4.78 is 0. The van der Waals surface area contributed by atoms with Crippen molar-refractivity contribution in [3.63, 3.8) is 0 Å². The molecule has 1 aliphatic rings. The van der Waals surface area contributed by atoms with Crippen LogP contribution in [-0.4, -0.2) is 23.0 Å². The second kappa shape index (κ2) is 6.42. The second-order valence-electron chi connectivity index (χ2n) is 6.46. The topological polar surface area (TPSA) is 29.3 Å². The summed E-state index contributed by atoms with van der Waals surface area (Å²) in [6.45, 7) is 7.92. The van der Waals surface area contributed by atoms with Crippen molar-refractivity contribution >= 4 is 28.8 Å². The molecule has 0 atom stereocenters. The molecule has 0 amide bonds. The molecule has 0 saturated carbocycles. The Balaban J connectivity index is 2.05. The third kappa shape index (κ3) is 4.18. The van der Waals surface area contributed by atoms with Crippen LogP contribution < -0.4 is 5.73 Å². The molecule has 0 aliphatic carbocycles. The van der Waals surface area contributed by atoms with Crippen LogP contribution in [0.1, 0.15) is 44.2 Å². The largest absolute Gasteiger partial charge is 0.389 e. The van der Waals surface area contributed by atoms with Gasteiger partial charge in [-0.15, -0.1) is 0 Å². The van der Waals surface area contributed by atoms with Gasteiger partial charge in [0, 0.05) is 17.1 Å². The summed E-state index contributed by atoms with van der Waals surface area (Å²) in [4.78, 5) is 2.89. The van der Waals surface area contributed by atoms with Crippen LogP contribution in [0, 0.1) is 5.41 Å². The molecule has 110 valence electrons. The minimum atomic E-state index is 0.398. The molecule has 0 unspecified atom stereocenters. The molecule has 1 aliphatic heterocycles. The van der Waals surface area contributed by atoms with E-state index in [-0.39, 0.29) is 0 Å². The quantitative estimate of drug-likeness (QED) is 0.856. The molecule has 1 saturated heterocycles. The highest BCUT2D eigenvalue weighted by molar-refractivity contribution is 7.80. The minimum Gasteiger partial charge on any atom is -0.389 e. The first-order chi connectivity index (χ1) is 9.37. The summed E-state index contributed by atoms with van der Waals surface area (Å²) in [5.74, 6) is 0. The third-order valence-electron chi connectivity index (χ3n) is 4.16. The van der Waals surface area contributed by atoms with Crippen LogP contribution in [0.3, 0.4) is 0 Å². The number of thiocarbonyl (C=S) groups is 1. The lowest BCUT2D eigenvalue weighted by Crippen LogP contribution is -2.25. The number of rotatable bonds is 3. The fourth-order valence-electron chi connectivity index (χ4n) is 2.71. The highest BCUT2D eigenvalue weighted by Gasteiger charge is 2.23. The average Bonchev–Trinajstić information content (AvgIpc) is 2.53. The monoisotopic (exact) mass is 310 g/mol. The van der Waals surface area contributed by atoms with Crippen molar-refractivity contribution in [2.24, 2.45) is 11.1 Å². The molecule has 0 bridgehead atoms. The van der Waals surface area contributed by atoms with Crippen molar-refractivity contribution in [3.05, 3.63) is 34.3 Å². The van der Waals surface area contributed by atoms with E-state index in [1.807, 2.05) is 18.2 Å². The molecule has 2 nitrogen and oxygen atoms in total. The maximum absolute atomic E-state index is 6.35. The van der Waals surface area contributed by atoms with Crippen LogP contribution in [0.2, 0.25) is 5.02 Å². The summed E-state index contributed by atoms with van der Waals surface area (Å²) in [6, 6.07) is 5.89. The number of hydrogen-bond acceptors (Lipinski definition) is 2. The summed E-state index contributed by atoms with van der Waals surface area (Å²) in [5, 5.41) is 0.763. The maximum atomic E-state index is 6.35. The number of nitrogens with zero attached hydrogens (tertiary/aromatic N) is 1. The Hall–Kier alpha value is -0.640. The van der Waals surface area contributed by atoms with Gasteiger partial charge < -0.3 is 5.73 Å². The lowest BCUT2D eigenvalue weighted by Gasteiger charge is -2.23. The van der Waals surface area contributed by atoms with Crippen LogP contribution in [0.4, 0.5) is 0 Å². The van der Waals surface area contributed by atoms with Crippen LogP contribution >= 0.6 is 23.8 Å². The van der Waals surface area contributed by atoms with Crippen LogP contribution in [0.25, 0.3) is 0 Å². The highest BCUT2D eigenvalue weighted by Crippen LogP contribution is 2.30. The first kappa shape index (κ1) is 15.7. The van der Waals surface area contributed by atoms with E-state index in [4.69, 9.17) is 29.6 Å². The van der Waals surface area contributed by atoms with E-state index in [1.165, 1.54) is 19.3 Å². The zero-order valence-electron chi connectivity index (χ0n) is 12.3. The lowest BCUT2D eigenvalue weighted by atomic mass is 9.85. The molecule has 1 aromatic rings. The number of halogens is 1. The lowest BCUT2D eigenvalue weighted by molar-refractivity contribution is 0.256. The van der Waals surface area contributed by atoms with E-state index < -0.39 is 0 Å². The van der Waals surface area contributed by atoms with Crippen molar-refractivity contribution in [2.75, 3.05) is 13.1 Å². The number of nitrogens with two attached hydrogens (primary N) is 1. The number of likely N-dealkylation sites (tertiary alicyclic amines) is 1. The van der Waals surface area contributed by atoms with Gasteiger partial charge in [0.15, 0.2) is 0 Å². The fraction of sp³-hybridized carbons (Fsp3) is 0.562. The van der Waals surface area contributed by atoms with Gasteiger partial charge in [-0.2, -0.15) is 0 Å². The Morgan fingerprint density at radius 1 is 1.35 bits per heavy atom. The molecular formula is C16H23ClN2S. The summed E-state index contributed by atoms with van der Waals surface area (Å²) in [5.41, 5.74) is 8.09. The first-order valence-corrected chi connectivity index (χ1v) is 7.97. The van der Waals surface area contributed by atoms with Crippen molar-refractivity contribution in [1.82, 2.24) is 4.90 Å². The van der Waals surface area contributed by atoms with Gasteiger partial charge in [0.05, 0.1) is 0 Å². The zero-order valence-corrected chi connectivity index (χ0v) is 13.9. The molecule has 0 aromatic heterocycles. The summed E-state index contributed by atoms with van der Waals surface area (Å²) in [6.07, 6.45) is 3.81. The van der Waals surface area contributed by atoms with Gasteiger partial charge in [-0.1, -0.05) is 49.8 Å². The Morgan fingerprint density at radius 3 is 2.75 bits per heavy atom. The van der Waals surface area contributed by atoms with Crippen LogP contribution in [-0.2, 0) is 6.54 Å². The van der Waals surface area contributed by atoms with E-state index >= 15 is 0 Å². The van der Waals surface area contributed by atoms with E-state index in [9.17, 15) is 0 Å². The standard InChI is InChI=1S/C16H23ClN2S/c1-16(2)6-3-8-19(9-7-16)11-13-5-4-12(15(18)20)10-14(13)17/h4-5,10H,3,6-9,11H2,1-2H3,(H2,18,20). The molecule has 20 heavy (non-hydrogen) atoms. The van der Waals surface area contributed by atoms with Gasteiger partial charge in [0.2, 0.25) is 0 Å². The average molecular weight is 311 g/mol. The second-order valence-corrected chi connectivity index (χ2v) is 7.31. The number of hydrogen-bond donors (Lipinski definition) is 1. The molecule has 2 rings (SSSR count). The third-order valence-corrected chi connectivity index (χ3v) is 4.75. The summed E-state index contributed by atoms with van der Waals surface area (Å²) >= 11 is 11.3. The molecule has 1 aromatic carbocycles. The molecule has 2 N–H and O–H groups in total. The molecule has 0 radical (unpaired) electrons. The van der Waals surface area contributed by atoms with Gasteiger partial charge in [0.25, 0.3) is 0 Å². The molecule has 4 heteroatoms. The van der Waals surface area contributed by atoms with E-state index in [0.29, 0.717) is 10.4 Å². The van der Waals surface area contributed by atoms with E-state index in [1.54, 1.807) is 0 Å². The van der Waals surface area contributed by atoms with E-state index in [0.717, 1.165) is 35.8 Å². The van der Waals surface area contributed by atoms with Crippen molar-refractivity contribution in [3.8, 4) is 0 Å². The predicted molar refractivity (Wildman–Crippen MR) is 90.2 cm³/mol. The molecular weight excluding hydrogens is 288 g/mol. The molecule has 1 fully saturated rings. The van der Waals surface area contributed by atoms with Gasteiger partial charge in [-0.05, 0) is 49.4 Å². The van der Waals surface area contributed by atoms with Crippen molar-refractivity contribution in [2.45, 2.75) is 39.7 Å². The zero-order chi connectivity index (χ0) is 14.8. The minimum absolute atomic E-state index is 0.398. The predicted octanol–water partition coefficient (Wildman–Crippen LogP) is 3.99. The first-order valence-electron chi connectivity index (χ1n) is 7.18.